The molecule has 1 heterocycles. The van der Waals surface area contributed by atoms with E-state index in [1.165, 1.54) is 33.3 Å². The van der Waals surface area contributed by atoms with E-state index in [1.54, 1.807) is 77.5 Å². The highest BCUT2D eigenvalue weighted by molar-refractivity contribution is 6.03. The summed E-state index contributed by atoms with van der Waals surface area (Å²) < 4.78 is 18.5. The normalized spacial score (nSPS) is 11.4. The lowest BCUT2D eigenvalue weighted by Gasteiger charge is -2.17. The van der Waals surface area contributed by atoms with Crippen LogP contribution in [0.2, 0.25) is 0 Å². The van der Waals surface area contributed by atoms with Gasteiger partial charge in [-0.3, -0.25) is 19.1 Å². The standard InChI is InChI=1S/C39H46N4O7/c1-6-8-9-10-11-22-49-32-19-15-30(16-20-32)39(47)50-35-21-12-28(25-36(35)48-5)24-33(27(4)44)41-37(45)29-13-17-31(18-14-29)40-38(46)34-23-26(3)42-43(34)7-2/h12-21,23,25,33H,6-11,22,24H2,1-5H3,(H,40,46)(H,41,45). The number of Topliss-reactive ketones (excluding diaryl/α,β-unsaturated/α-hetero) is 1. The first kappa shape index (κ1) is 37.4. The van der Waals surface area contributed by atoms with Gasteiger partial charge in [0.2, 0.25) is 0 Å². The van der Waals surface area contributed by atoms with Crippen LogP contribution in [0.25, 0.3) is 0 Å². The third kappa shape index (κ3) is 10.5. The van der Waals surface area contributed by atoms with E-state index >= 15 is 0 Å². The van der Waals surface area contributed by atoms with Crippen LogP contribution < -0.4 is 24.8 Å². The van der Waals surface area contributed by atoms with Gasteiger partial charge >= 0.3 is 5.97 Å². The molecule has 11 heteroatoms. The van der Waals surface area contributed by atoms with Crippen LogP contribution in [0.15, 0.2) is 72.8 Å². The lowest BCUT2D eigenvalue weighted by Crippen LogP contribution is -2.41. The van der Waals surface area contributed by atoms with E-state index in [0.29, 0.717) is 52.7 Å². The maximum absolute atomic E-state index is 13.1. The third-order valence-corrected chi connectivity index (χ3v) is 8.11. The summed E-state index contributed by atoms with van der Waals surface area (Å²) in [5, 5.41) is 9.92. The SMILES string of the molecule is CCCCCCCOc1ccc(C(=O)Oc2ccc(CC(NC(=O)c3ccc(NC(=O)c4cc(C)nn4CC)cc3)C(C)=O)cc2OC)cc1. The molecule has 4 aromatic rings. The van der Waals surface area contributed by atoms with Crippen LogP contribution >= 0.6 is 0 Å². The molecule has 3 aromatic carbocycles. The molecule has 2 amide bonds. The number of esters is 1. The Morgan fingerprint density at radius 2 is 1.52 bits per heavy atom. The van der Waals surface area contributed by atoms with E-state index in [9.17, 15) is 19.2 Å². The smallest absolute Gasteiger partial charge is 0.343 e. The largest absolute Gasteiger partial charge is 0.494 e. The van der Waals surface area contributed by atoms with Gasteiger partial charge in [0.15, 0.2) is 17.3 Å². The summed E-state index contributed by atoms with van der Waals surface area (Å²) in [4.78, 5) is 51.3. The number of hydrogen-bond donors (Lipinski definition) is 2. The zero-order valence-electron chi connectivity index (χ0n) is 29.4. The van der Waals surface area contributed by atoms with Crippen LogP contribution in [0, 0.1) is 6.92 Å². The second-order valence-electron chi connectivity index (χ2n) is 12.0. The number of amides is 2. The Labute approximate surface area is 293 Å². The van der Waals surface area contributed by atoms with Crippen LogP contribution in [0.3, 0.4) is 0 Å². The minimum Gasteiger partial charge on any atom is -0.494 e. The van der Waals surface area contributed by atoms with Crippen LogP contribution in [0.4, 0.5) is 5.69 Å². The van der Waals surface area contributed by atoms with Crippen LogP contribution in [0.5, 0.6) is 17.2 Å². The zero-order valence-corrected chi connectivity index (χ0v) is 29.4. The molecule has 0 fully saturated rings. The van der Waals surface area contributed by atoms with Crippen LogP contribution in [-0.2, 0) is 17.8 Å². The van der Waals surface area contributed by atoms with Crippen LogP contribution in [0.1, 0.15) is 95.3 Å². The van der Waals surface area contributed by atoms with E-state index in [-0.39, 0.29) is 23.9 Å². The summed E-state index contributed by atoms with van der Waals surface area (Å²) in [7, 11) is 1.46. The summed E-state index contributed by atoms with van der Waals surface area (Å²) in [5.74, 6) is -0.309. The molecule has 11 nitrogen and oxygen atoms in total. The number of carbonyl (C=O) groups excluding carboxylic acids is 4. The predicted octanol–water partition coefficient (Wildman–Crippen LogP) is 6.97. The number of ketones is 1. The van der Waals surface area contributed by atoms with Crippen molar-refractivity contribution < 1.29 is 33.4 Å². The highest BCUT2D eigenvalue weighted by Crippen LogP contribution is 2.30. The number of methoxy groups -OCH3 is 1. The highest BCUT2D eigenvalue weighted by Gasteiger charge is 2.21. The van der Waals surface area contributed by atoms with Gasteiger partial charge in [0.25, 0.3) is 11.8 Å². The number of unbranched alkanes of at least 4 members (excludes halogenated alkanes) is 4. The number of rotatable bonds is 18. The molecular formula is C39H46N4O7. The maximum atomic E-state index is 13.1. The summed E-state index contributed by atoms with van der Waals surface area (Å²) in [5.41, 5.74) is 3.08. The number of benzene rings is 3. The predicted molar refractivity (Wildman–Crippen MR) is 191 cm³/mol. The molecule has 0 aliphatic heterocycles. The number of anilines is 1. The molecule has 0 aliphatic carbocycles. The fourth-order valence-electron chi connectivity index (χ4n) is 5.31. The Morgan fingerprint density at radius 1 is 0.820 bits per heavy atom. The van der Waals surface area contributed by atoms with Crippen molar-refractivity contribution >= 4 is 29.3 Å². The quantitative estimate of drug-likeness (QED) is 0.0652. The van der Waals surface area contributed by atoms with Gasteiger partial charge in [0.1, 0.15) is 11.4 Å². The van der Waals surface area contributed by atoms with Crippen molar-refractivity contribution in [1.82, 2.24) is 15.1 Å². The molecule has 4 rings (SSSR count). The van der Waals surface area contributed by atoms with Gasteiger partial charge < -0.3 is 24.8 Å². The number of ether oxygens (including phenoxy) is 3. The monoisotopic (exact) mass is 682 g/mol. The Kier molecular flexibility index (Phi) is 13.7. The first-order valence-electron chi connectivity index (χ1n) is 17.0. The first-order chi connectivity index (χ1) is 24.1. The number of nitrogens with one attached hydrogen (secondary N) is 2. The fraction of sp³-hybridized carbons (Fsp3) is 0.359. The number of aryl methyl sites for hydroxylation is 2. The molecule has 1 aromatic heterocycles. The zero-order chi connectivity index (χ0) is 36.0. The molecule has 0 bridgehead atoms. The highest BCUT2D eigenvalue weighted by atomic mass is 16.6. The molecular weight excluding hydrogens is 636 g/mol. The Bertz CT molecular complexity index is 1760. The first-order valence-corrected chi connectivity index (χ1v) is 17.0. The van der Waals surface area contributed by atoms with E-state index in [1.807, 2.05) is 13.8 Å². The number of nitrogens with zero attached hydrogens (tertiary/aromatic N) is 2. The fourth-order valence-corrected chi connectivity index (χ4v) is 5.31. The van der Waals surface area contributed by atoms with E-state index in [0.717, 1.165) is 18.5 Å². The minimum absolute atomic E-state index is 0.185. The average Bonchev–Trinajstić information content (AvgIpc) is 3.51. The molecule has 0 radical (unpaired) electrons. The molecule has 1 atom stereocenters. The van der Waals surface area contributed by atoms with Crippen molar-refractivity contribution in [3.8, 4) is 17.2 Å². The molecule has 50 heavy (non-hydrogen) atoms. The van der Waals surface area contributed by atoms with E-state index in [4.69, 9.17) is 14.2 Å². The lowest BCUT2D eigenvalue weighted by atomic mass is 10.0. The van der Waals surface area contributed by atoms with E-state index in [2.05, 4.69) is 22.7 Å². The van der Waals surface area contributed by atoms with Crippen molar-refractivity contribution in [3.63, 3.8) is 0 Å². The molecule has 0 aliphatic rings. The van der Waals surface area contributed by atoms with Crippen molar-refractivity contribution in [2.45, 2.75) is 78.8 Å². The molecule has 0 spiro atoms. The number of aromatic nitrogens is 2. The topological polar surface area (TPSA) is 138 Å². The summed E-state index contributed by atoms with van der Waals surface area (Å²) in [6.07, 6.45) is 5.95. The maximum Gasteiger partial charge on any atom is 0.343 e. The van der Waals surface area contributed by atoms with Gasteiger partial charge in [0, 0.05) is 17.8 Å². The third-order valence-electron chi connectivity index (χ3n) is 8.11. The van der Waals surface area contributed by atoms with Gasteiger partial charge in [-0.05, 0) is 106 Å². The van der Waals surface area contributed by atoms with Crippen LogP contribution in [-0.4, -0.2) is 53.1 Å². The minimum atomic E-state index is -0.824. The van der Waals surface area contributed by atoms with Gasteiger partial charge in [0.05, 0.1) is 31.0 Å². The Morgan fingerprint density at radius 3 is 2.18 bits per heavy atom. The molecule has 0 saturated carbocycles. The number of carbonyl (C=O) groups is 4. The van der Waals surface area contributed by atoms with Gasteiger partial charge in [-0.1, -0.05) is 38.7 Å². The van der Waals surface area contributed by atoms with Gasteiger partial charge in [-0.2, -0.15) is 5.10 Å². The second kappa shape index (κ2) is 18.4. The van der Waals surface area contributed by atoms with Crippen molar-refractivity contribution in [2.75, 3.05) is 19.0 Å². The molecule has 0 saturated heterocycles. The van der Waals surface area contributed by atoms with Crippen molar-refractivity contribution in [2.24, 2.45) is 0 Å². The average molecular weight is 683 g/mol. The van der Waals surface area contributed by atoms with Gasteiger partial charge in [-0.15, -0.1) is 0 Å². The molecule has 1 unspecified atom stereocenters. The molecule has 2 N–H and O–H groups in total. The Hall–Kier alpha value is -5.45. The summed E-state index contributed by atoms with van der Waals surface area (Å²) >= 11 is 0. The number of hydrogen-bond acceptors (Lipinski definition) is 8. The Balaban J connectivity index is 1.33. The molecule has 264 valence electrons. The van der Waals surface area contributed by atoms with Crippen molar-refractivity contribution in [1.29, 1.82) is 0 Å². The van der Waals surface area contributed by atoms with Crippen molar-refractivity contribution in [3.05, 3.63) is 101 Å². The van der Waals surface area contributed by atoms with E-state index < -0.39 is 17.9 Å². The summed E-state index contributed by atoms with van der Waals surface area (Å²) in [6.45, 7) is 8.51. The lowest BCUT2D eigenvalue weighted by molar-refractivity contribution is -0.118. The van der Waals surface area contributed by atoms with Gasteiger partial charge in [-0.25, -0.2) is 4.79 Å². The summed E-state index contributed by atoms with van der Waals surface area (Å²) in [6, 6.07) is 19.1. The second-order valence-corrected chi connectivity index (χ2v) is 12.0.